The van der Waals surface area contributed by atoms with Gasteiger partial charge in [-0.1, -0.05) is 55.3 Å². The minimum Gasteiger partial charge on any atom is -0.497 e. The summed E-state index contributed by atoms with van der Waals surface area (Å²) in [6.45, 7) is 4.11. The highest BCUT2D eigenvalue weighted by Gasteiger charge is 1.99. The summed E-state index contributed by atoms with van der Waals surface area (Å²) in [5, 5.41) is 0.893. The van der Waals surface area contributed by atoms with E-state index in [1.807, 2.05) is 49.4 Å². The minimum absolute atomic E-state index is 0.0742. The van der Waals surface area contributed by atoms with Gasteiger partial charge >= 0.3 is 0 Å². The molecule has 0 saturated heterocycles. The largest absolute Gasteiger partial charge is 0.497 e. The van der Waals surface area contributed by atoms with Crippen LogP contribution < -0.4 is 10.5 Å². The van der Waals surface area contributed by atoms with Crippen LogP contribution in [0.3, 0.4) is 0 Å². The molecule has 21 heavy (non-hydrogen) atoms. The Morgan fingerprint density at radius 2 is 1.86 bits per heavy atom. The third-order valence-corrected chi connectivity index (χ3v) is 3.47. The highest BCUT2D eigenvalue weighted by Crippen LogP contribution is 2.17. The van der Waals surface area contributed by atoms with Gasteiger partial charge in [0.15, 0.2) is 0 Å². The molecule has 0 fully saturated rings. The van der Waals surface area contributed by atoms with Crippen LogP contribution in [0.15, 0.2) is 48.5 Å². The summed E-state index contributed by atoms with van der Waals surface area (Å²) in [6, 6.07) is 15.9. The van der Waals surface area contributed by atoms with Gasteiger partial charge in [-0.25, -0.2) is 0 Å². The molecular formula is C18H24ClNO. The quantitative estimate of drug-likeness (QED) is 0.862. The van der Waals surface area contributed by atoms with E-state index in [9.17, 15) is 0 Å². The number of halogens is 1. The lowest BCUT2D eigenvalue weighted by atomic mass is 10.1. The molecule has 2 aromatic rings. The molecule has 2 aromatic carbocycles. The van der Waals surface area contributed by atoms with E-state index in [4.69, 9.17) is 22.1 Å². The molecule has 0 saturated carbocycles. The molecular weight excluding hydrogens is 282 g/mol. The maximum Gasteiger partial charge on any atom is 0.119 e. The van der Waals surface area contributed by atoms with Crippen LogP contribution in [0.25, 0.3) is 0 Å². The van der Waals surface area contributed by atoms with Gasteiger partial charge in [0.1, 0.15) is 5.75 Å². The number of benzene rings is 2. The Labute approximate surface area is 132 Å². The zero-order valence-corrected chi connectivity index (χ0v) is 13.7. The van der Waals surface area contributed by atoms with Gasteiger partial charge in [-0.15, -0.1) is 0 Å². The molecule has 0 amide bonds. The molecule has 1 unspecified atom stereocenters. The van der Waals surface area contributed by atoms with Crippen LogP contribution in [0.1, 0.15) is 37.4 Å². The highest BCUT2D eigenvalue weighted by molar-refractivity contribution is 6.31. The number of nitrogens with two attached hydrogens (primary N) is 1. The van der Waals surface area contributed by atoms with Crippen LogP contribution >= 0.6 is 11.6 Å². The van der Waals surface area contributed by atoms with Gasteiger partial charge in [0, 0.05) is 11.1 Å². The average Bonchev–Trinajstić information content (AvgIpc) is 2.50. The van der Waals surface area contributed by atoms with Gasteiger partial charge in [-0.2, -0.15) is 0 Å². The summed E-state index contributed by atoms with van der Waals surface area (Å²) in [5.41, 5.74) is 8.04. The second-order valence-corrected chi connectivity index (χ2v) is 5.31. The fourth-order valence-corrected chi connectivity index (χ4v) is 2.13. The van der Waals surface area contributed by atoms with Gasteiger partial charge in [-0.3, -0.25) is 0 Å². The summed E-state index contributed by atoms with van der Waals surface area (Å²) >= 11 is 5.90. The molecule has 2 N–H and O–H groups in total. The molecule has 1 atom stereocenters. The second-order valence-electron chi connectivity index (χ2n) is 4.91. The number of hydrogen-bond acceptors (Lipinski definition) is 2. The van der Waals surface area contributed by atoms with Crippen molar-refractivity contribution in [3.8, 4) is 5.75 Å². The Morgan fingerprint density at radius 1 is 1.14 bits per heavy atom. The van der Waals surface area contributed by atoms with Crippen LogP contribution in [0.2, 0.25) is 5.02 Å². The molecule has 0 aliphatic rings. The van der Waals surface area contributed by atoms with E-state index >= 15 is 0 Å². The van der Waals surface area contributed by atoms with Crippen molar-refractivity contribution in [3.63, 3.8) is 0 Å². The van der Waals surface area contributed by atoms with Crippen molar-refractivity contribution in [1.29, 1.82) is 0 Å². The molecule has 0 heterocycles. The summed E-state index contributed by atoms with van der Waals surface area (Å²) in [7, 11) is 1.65. The topological polar surface area (TPSA) is 35.2 Å². The first-order valence-electron chi connectivity index (χ1n) is 7.21. The fraction of sp³-hybridized carbons (Fsp3) is 0.333. The molecule has 114 valence electrons. The van der Waals surface area contributed by atoms with E-state index in [2.05, 4.69) is 13.0 Å². The SMILES string of the molecule is CCCc1ccccc1Cl.COc1cccc(C(C)N)c1. The Morgan fingerprint density at radius 3 is 2.43 bits per heavy atom. The number of rotatable bonds is 4. The summed E-state index contributed by atoms with van der Waals surface area (Å²) < 4.78 is 5.05. The molecule has 0 radical (unpaired) electrons. The van der Waals surface area contributed by atoms with Crippen LogP contribution in [0.4, 0.5) is 0 Å². The molecule has 3 heteroatoms. The monoisotopic (exact) mass is 305 g/mol. The Balaban J connectivity index is 0.000000211. The molecule has 2 nitrogen and oxygen atoms in total. The van der Waals surface area contributed by atoms with Crippen molar-refractivity contribution in [2.75, 3.05) is 7.11 Å². The zero-order chi connectivity index (χ0) is 15.7. The van der Waals surface area contributed by atoms with E-state index in [0.29, 0.717) is 0 Å². The van der Waals surface area contributed by atoms with E-state index in [0.717, 1.165) is 29.2 Å². The lowest BCUT2D eigenvalue weighted by molar-refractivity contribution is 0.414. The molecule has 0 bridgehead atoms. The third-order valence-electron chi connectivity index (χ3n) is 3.10. The zero-order valence-electron chi connectivity index (χ0n) is 13.0. The van der Waals surface area contributed by atoms with Crippen LogP contribution in [-0.2, 0) is 6.42 Å². The van der Waals surface area contributed by atoms with Gasteiger partial charge < -0.3 is 10.5 Å². The van der Waals surface area contributed by atoms with E-state index in [1.54, 1.807) is 7.11 Å². The van der Waals surface area contributed by atoms with Crippen LogP contribution in [-0.4, -0.2) is 7.11 Å². The van der Waals surface area contributed by atoms with Gasteiger partial charge in [0.05, 0.1) is 7.11 Å². The number of ether oxygens (including phenoxy) is 1. The standard InChI is InChI=1S/C9H11Cl.C9H13NO/c1-2-5-8-6-3-4-7-9(8)10;1-7(10)8-4-3-5-9(6-8)11-2/h3-4,6-7H,2,5H2,1H3;3-7H,10H2,1-2H3. The van der Waals surface area contributed by atoms with Gasteiger partial charge in [-0.05, 0) is 42.7 Å². The van der Waals surface area contributed by atoms with Crippen LogP contribution in [0.5, 0.6) is 5.75 Å². The number of aryl methyl sites for hydroxylation is 1. The van der Waals surface area contributed by atoms with Crippen molar-refractivity contribution in [2.24, 2.45) is 5.73 Å². The molecule has 2 rings (SSSR count). The summed E-state index contributed by atoms with van der Waals surface area (Å²) in [6.07, 6.45) is 2.24. The molecule has 0 spiro atoms. The maximum atomic E-state index is 5.90. The second kappa shape index (κ2) is 9.43. The smallest absolute Gasteiger partial charge is 0.119 e. The number of methoxy groups -OCH3 is 1. The van der Waals surface area contributed by atoms with Crippen molar-refractivity contribution in [2.45, 2.75) is 32.7 Å². The molecule has 0 aliphatic heterocycles. The van der Waals surface area contributed by atoms with Crippen molar-refractivity contribution in [3.05, 3.63) is 64.7 Å². The molecule has 0 aromatic heterocycles. The maximum absolute atomic E-state index is 5.90. The van der Waals surface area contributed by atoms with Gasteiger partial charge in [0.2, 0.25) is 0 Å². The Hall–Kier alpha value is -1.51. The highest BCUT2D eigenvalue weighted by atomic mass is 35.5. The lowest BCUT2D eigenvalue weighted by Gasteiger charge is -2.06. The average molecular weight is 306 g/mol. The Bertz CT molecular complexity index is 540. The minimum atomic E-state index is 0.0742. The van der Waals surface area contributed by atoms with E-state index in [1.165, 1.54) is 5.56 Å². The Kier molecular flexibility index (Phi) is 7.88. The first-order chi connectivity index (χ1) is 10.1. The third kappa shape index (κ3) is 6.19. The van der Waals surface area contributed by atoms with E-state index in [-0.39, 0.29) is 6.04 Å². The van der Waals surface area contributed by atoms with E-state index < -0.39 is 0 Å². The number of hydrogen-bond donors (Lipinski definition) is 1. The molecule has 0 aliphatic carbocycles. The summed E-state index contributed by atoms with van der Waals surface area (Å²) in [5.74, 6) is 0.861. The first kappa shape index (κ1) is 17.5. The first-order valence-corrected chi connectivity index (χ1v) is 7.59. The van der Waals surface area contributed by atoms with Crippen molar-refractivity contribution >= 4 is 11.6 Å². The van der Waals surface area contributed by atoms with Crippen LogP contribution in [0, 0.1) is 0 Å². The predicted molar refractivity (Wildman–Crippen MR) is 91.0 cm³/mol. The normalized spacial score (nSPS) is 11.3. The predicted octanol–water partition coefficient (Wildman–Crippen LogP) is 5.01. The summed E-state index contributed by atoms with van der Waals surface area (Å²) in [4.78, 5) is 0. The van der Waals surface area contributed by atoms with Crippen molar-refractivity contribution < 1.29 is 4.74 Å². The lowest BCUT2D eigenvalue weighted by Crippen LogP contribution is -2.04. The fourth-order valence-electron chi connectivity index (χ4n) is 1.90. The van der Waals surface area contributed by atoms with Gasteiger partial charge in [0.25, 0.3) is 0 Å². The van der Waals surface area contributed by atoms with Crippen molar-refractivity contribution in [1.82, 2.24) is 0 Å².